The number of carboxylic acids is 2. The Morgan fingerprint density at radius 2 is 1.03 bits per heavy atom. The molecular weight excluding hydrogens is 837 g/mol. The number of esters is 5. The van der Waals surface area contributed by atoms with E-state index in [9.17, 15) is 33.6 Å². The Hall–Kier alpha value is -4.61. The molecule has 0 amide bonds. The molecule has 0 spiro atoms. The summed E-state index contributed by atoms with van der Waals surface area (Å²) in [6.07, 6.45) is 6.79. The molecule has 0 saturated carbocycles. The van der Waals surface area contributed by atoms with E-state index in [1.807, 2.05) is 62.3 Å². The highest BCUT2D eigenvalue weighted by atomic mass is 16.6. The summed E-state index contributed by atoms with van der Waals surface area (Å²) >= 11 is 0. The first-order valence-electron chi connectivity index (χ1n) is 21.6. The summed E-state index contributed by atoms with van der Waals surface area (Å²) in [5, 5.41) is 18.0. The zero-order valence-electron chi connectivity index (χ0n) is 41.7. The summed E-state index contributed by atoms with van der Waals surface area (Å²) in [5.74, 6) is -5.37. The van der Waals surface area contributed by atoms with Gasteiger partial charge in [-0.05, 0) is 92.2 Å². The molecule has 1 aliphatic rings. The number of benzene rings is 1. The van der Waals surface area contributed by atoms with Crippen LogP contribution in [0.3, 0.4) is 0 Å². The van der Waals surface area contributed by atoms with Gasteiger partial charge in [0.15, 0.2) is 0 Å². The molecule has 1 aliphatic heterocycles. The summed E-state index contributed by atoms with van der Waals surface area (Å²) in [6, 6.07) is 1.54. The van der Waals surface area contributed by atoms with Gasteiger partial charge in [0.05, 0.1) is 97.8 Å². The standard InChI is InChI=1S/C12H10O8.C12H22O3.C10H20O2.C7H14O2.C6H14O2/c1-19-11(17)7-4-8(12(18)20-2)6(10(15)16)3-5(7)9(13)14;1-5-11(3,4)10(13)15-9-12(6-2)7-14-8-12;1-5-7-8-12-9(11)10(3,4)6-2;1-5-7(2,3)6(8)9-4;1-4-6(8-3)5-7-2/h3-4H,1-2H3,(H,13,14)(H,15,16);5-9H2,1-4H3;5-8H2,1-4H3;5H2,1-4H3;6H,4-5H2,1-3H3. The molecule has 64 heavy (non-hydrogen) atoms. The van der Waals surface area contributed by atoms with Crippen LogP contribution < -0.4 is 0 Å². The van der Waals surface area contributed by atoms with Gasteiger partial charge in [0, 0.05) is 14.2 Å². The number of carbonyl (C=O) groups is 7. The van der Waals surface area contributed by atoms with Crippen LogP contribution >= 0.6 is 0 Å². The molecule has 17 nitrogen and oxygen atoms in total. The van der Waals surface area contributed by atoms with Crippen molar-refractivity contribution in [2.24, 2.45) is 21.7 Å². The number of carbonyl (C=O) groups excluding carboxylic acids is 5. The van der Waals surface area contributed by atoms with Crippen molar-refractivity contribution >= 4 is 41.8 Å². The lowest BCUT2D eigenvalue weighted by Crippen LogP contribution is -2.47. The van der Waals surface area contributed by atoms with Crippen molar-refractivity contribution < 1.29 is 81.7 Å². The Morgan fingerprint density at radius 1 is 0.625 bits per heavy atom. The molecule has 1 atom stereocenters. The number of rotatable bonds is 20. The van der Waals surface area contributed by atoms with E-state index in [-0.39, 0.29) is 45.7 Å². The van der Waals surface area contributed by atoms with E-state index >= 15 is 0 Å². The first-order chi connectivity index (χ1) is 29.7. The van der Waals surface area contributed by atoms with E-state index < -0.39 is 46.1 Å². The fourth-order valence-corrected chi connectivity index (χ4v) is 4.46. The van der Waals surface area contributed by atoms with Crippen molar-refractivity contribution in [3.63, 3.8) is 0 Å². The predicted molar refractivity (Wildman–Crippen MR) is 241 cm³/mol. The molecule has 0 aliphatic carbocycles. The number of methoxy groups -OCH3 is 5. The van der Waals surface area contributed by atoms with Gasteiger partial charge >= 0.3 is 41.8 Å². The van der Waals surface area contributed by atoms with Crippen molar-refractivity contribution in [1.82, 2.24) is 0 Å². The molecule has 17 heteroatoms. The maximum atomic E-state index is 11.7. The highest BCUT2D eigenvalue weighted by molar-refractivity contribution is 6.09. The van der Waals surface area contributed by atoms with Crippen LogP contribution in [-0.2, 0) is 52.3 Å². The van der Waals surface area contributed by atoms with E-state index in [0.29, 0.717) is 25.9 Å². The van der Waals surface area contributed by atoms with E-state index in [0.717, 1.165) is 78.4 Å². The van der Waals surface area contributed by atoms with Crippen LogP contribution in [-0.4, -0.2) is 127 Å². The third-order valence-electron chi connectivity index (χ3n) is 10.9. The molecule has 1 saturated heterocycles. The Bertz CT molecular complexity index is 1530. The Balaban J connectivity index is -0.000000758. The van der Waals surface area contributed by atoms with E-state index in [1.54, 1.807) is 14.2 Å². The maximum absolute atomic E-state index is 11.7. The van der Waals surface area contributed by atoms with Crippen molar-refractivity contribution in [2.75, 3.05) is 68.6 Å². The van der Waals surface area contributed by atoms with Crippen molar-refractivity contribution in [2.45, 2.75) is 134 Å². The minimum atomic E-state index is -1.52. The molecule has 1 aromatic rings. The monoisotopic (exact) mass is 917 g/mol. The predicted octanol–water partition coefficient (Wildman–Crippen LogP) is 8.47. The molecule has 2 N–H and O–H groups in total. The summed E-state index contributed by atoms with van der Waals surface area (Å²) in [4.78, 5) is 79.0. The zero-order chi connectivity index (χ0) is 50.5. The Labute approximate surface area is 381 Å². The largest absolute Gasteiger partial charge is 0.478 e. The van der Waals surface area contributed by atoms with Gasteiger partial charge in [-0.3, -0.25) is 14.4 Å². The first-order valence-corrected chi connectivity index (χ1v) is 21.6. The number of ether oxygens (including phenoxy) is 8. The minimum Gasteiger partial charge on any atom is -0.478 e. The van der Waals surface area contributed by atoms with Crippen LogP contribution in [0.25, 0.3) is 0 Å². The van der Waals surface area contributed by atoms with Crippen LogP contribution in [0.4, 0.5) is 0 Å². The molecule has 1 heterocycles. The van der Waals surface area contributed by atoms with E-state index in [2.05, 4.69) is 35.0 Å². The molecule has 1 unspecified atom stereocenters. The van der Waals surface area contributed by atoms with Gasteiger partial charge in [-0.15, -0.1) is 0 Å². The second-order valence-electron chi connectivity index (χ2n) is 16.9. The second kappa shape index (κ2) is 32.1. The second-order valence-corrected chi connectivity index (χ2v) is 16.9. The highest BCUT2D eigenvalue weighted by Gasteiger charge is 2.39. The van der Waals surface area contributed by atoms with E-state index in [1.165, 1.54) is 7.11 Å². The van der Waals surface area contributed by atoms with Gasteiger partial charge in [0.25, 0.3) is 0 Å². The van der Waals surface area contributed by atoms with Crippen molar-refractivity contribution in [3.8, 4) is 0 Å². The smallest absolute Gasteiger partial charge is 0.338 e. The quantitative estimate of drug-likeness (QED) is 0.0709. The third-order valence-corrected chi connectivity index (χ3v) is 10.9. The lowest BCUT2D eigenvalue weighted by molar-refractivity contribution is -0.178. The average molecular weight is 917 g/mol. The van der Waals surface area contributed by atoms with Crippen LogP contribution in [0, 0.1) is 21.7 Å². The number of aromatic carboxylic acids is 2. The fraction of sp³-hybridized carbons (Fsp3) is 0.723. The molecular formula is C47H80O17. The lowest BCUT2D eigenvalue weighted by Gasteiger charge is -2.40. The lowest BCUT2D eigenvalue weighted by atomic mass is 9.84. The van der Waals surface area contributed by atoms with E-state index in [4.69, 9.17) is 33.9 Å². The van der Waals surface area contributed by atoms with Gasteiger partial charge in [-0.25, -0.2) is 19.2 Å². The van der Waals surface area contributed by atoms with Crippen molar-refractivity contribution in [1.29, 1.82) is 0 Å². The van der Waals surface area contributed by atoms with Crippen LogP contribution in [0.5, 0.6) is 0 Å². The van der Waals surface area contributed by atoms with Crippen LogP contribution in [0.1, 0.15) is 169 Å². The van der Waals surface area contributed by atoms with Gasteiger partial charge in [-0.1, -0.05) is 48.0 Å². The maximum Gasteiger partial charge on any atom is 0.338 e. The van der Waals surface area contributed by atoms with Gasteiger partial charge in [-0.2, -0.15) is 0 Å². The number of carboxylic acid groups (broad SMARTS) is 2. The highest BCUT2D eigenvalue weighted by Crippen LogP contribution is 2.33. The molecule has 1 aromatic carbocycles. The Morgan fingerprint density at radius 3 is 1.28 bits per heavy atom. The van der Waals surface area contributed by atoms with Gasteiger partial charge in [0.2, 0.25) is 0 Å². The molecule has 0 bridgehead atoms. The molecule has 1 fully saturated rings. The molecule has 0 radical (unpaired) electrons. The zero-order valence-corrected chi connectivity index (χ0v) is 41.7. The SMILES string of the molecule is CCC(C)(C)C(=O)OC.CCC(COC)OC.CCC1(COC(=O)C(C)(C)CC)COC1.CCCCOC(=O)C(C)(C)CC.COC(=O)c1cc(C(=O)OC)c(C(=O)O)cc1C(=O)O. The summed E-state index contributed by atoms with van der Waals surface area (Å²) in [7, 11) is 6.85. The normalized spacial score (nSPS) is 13.0. The number of unbranched alkanes of at least 4 members (excludes halogenated alkanes) is 1. The van der Waals surface area contributed by atoms with Gasteiger partial charge in [0.1, 0.15) is 6.61 Å². The van der Waals surface area contributed by atoms with Gasteiger partial charge < -0.3 is 48.1 Å². The summed E-state index contributed by atoms with van der Waals surface area (Å²) in [5.41, 5.74) is -2.93. The minimum absolute atomic E-state index is 0.0709. The third kappa shape index (κ3) is 22.8. The summed E-state index contributed by atoms with van der Waals surface area (Å²) < 4.78 is 38.9. The Kier molecular flexibility index (Phi) is 31.9. The molecule has 2 rings (SSSR count). The molecule has 0 aromatic heterocycles. The topological polar surface area (TPSA) is 234 Å². The first kappa shape index (κ1) is 63.7. The molecule has 370 valence electrons. The van der Waals surface area contributed by atoms with Crippen LogP contribution in [0.2, 0.25) is 0 Å². The fourth-order valence-electron chi connectivity index (χ4n) is 4.46. The summed E-state index contributed by atoms with van der Waals surface area (Å²) in [6.45, 7) is 26.9. The number of hydrogen-bond donors (Lipinski definition) is 2. The average Bonchev–Trinajstić information content (AvgIpc) is 3.27. The van der Waals surface area contributed by atoms with Crippen molar-refractivity contribution in [3.05, 3.63) is 34.4 Å². The van der Waals surface area contributed by atoms with Crippen LogP contribution in [0.15, 0.2) is 12.1 Å². The number of hydrogen-bond acceptors (Lipinski definition) is 15.